The molecule has 0 N–H and O–H groups in total. The molecule has 162 valence electrons. The Morgan fingerprint density at radius 2 is 1.53 bits per heavy atom. The lowest BCUT2D eigenvalue weighted by Crippen LogP contribution is -2.38. The molecule has 30 heavy (non-hydrogen) atoms. The Hall–Kier alpha value is -2.65. The van der Waals surface area contributed by atoms with Crippen LogP contribution in [0.15, 0.2) is 30.3 Å². The summed E-state index contributed by atoms with van der Waals surface area (Å²) < 4.78 is 90.0. The van der Waals surface area contributed by atoms with Crippen molar-refractivity contribution >= 4 is 14.1 Å². The third-order valence-electron chi connectivity index (χ3n) is 3.99. The van der Waals surface area contributed by atoms with Gasteiger partial charge in [0.05, 0.1) is 0 Å². The predicted octanol–water partition coefficient (Wildman–Crippen LogP) is 4.54. The molecule has 1 aliphatic rings. The average Bonchev–Trinajstić information content (AvgIpc) is 3.56. The lowest BCUT2D eigenvalue weighted by Gasteiger charge is -2.26. The van der Waals surface area contributed by atoms with Crippen LogP contribution < -0.4 is 9.36 Å². The minimum atomic E-state index is -3.90. The smallest absolute Gasteiger partial charge is 0.341 e. The molecule has 0 bridgehead atoms. The zero-order valence-corrected chi connectivity index (χ0v) is 16.3. The quantitative estimate of drug-likeness (QED) is 0.147. The number of rotatable bonds is 8. The molecule has 12 heteroatoms. The third kappa shape index (κ3) is 4.73. The van der Waals surface area contributed by atoms with Crippen LogP contribution in [0.4, 0.5) is 22.0 Å². The van der Waals surface area contributed by atoms with E-state index in [0.717, 1.165) is 0 Å². The maximum atomic E-state index is 13.9. The topological polar surface area (TPSA) is 65.1 Å². The Bertz CT molecular complexity index is 944. The largest absolute Gasteiger partial charge is 0.461 e. The highest BCUT2D eigenvalue weighted by molar-refractivity contribution is 7.36. The van der Waals surface area contributed by atoms with Gasteiger partial charge in [0.15, 0.2) is 6.04 Å². The molecule has 0 aromatic heterocycles. The summed E-state index contributed by atoms with van der Waals surface area (Å²) in [5.41, 5.74) is 0. The normalized spacial score (nSPS) is 15.6. The summed E-state index contributed by atoms with van der Waals surface area (Å²) in [4.78, 5) is 18.0. The summed E-state index contributed by atoms with van der Waals surface area (Å²) >= 11 is 0. The third-order valence-corrected chi connectivity index (χ3v) is 5.20. The number of hydrogen-bond acceptors (Lipinski definition) is 5. The number of para-hydroxylation sites is 1. The van der Waals surface area contributed by atoms with Crippen molar-refractivity contribution in [2.45, 2.75) is 31.9 Å². The highest BCUT2D eigenvalue weighted by atomic mass is 31.1. The standard InChI is InChI=1S/C18H15F5NO5P/c1-9(18(25)27-10-7-8-10)24(28-11-5-3-2-4-6-11)30(26)29-17-15(22)13(20)12(19)14(21)16(17)23/h2-6,9-10,30H,7-8H2,1H3. The fourth-order valence-corrected chi connectivity index (χ4v) is 3.27. The van der Waals surface area contributed by atoms with Gasteiger partial charge in [0.25, 0.3) is 0 Å². The van der Waals surface area contributed by atoms with E-state index in [1.54, 1.807) is 18.2 Å². The van der Waals surface area contributed by atoms with E-state index >= 15 is 0 Å². The molecule has 0 heterocycles. The molecule has 0 spiro atoms. The monoisotopic (exact) mass is 451 g/mol. The zero-order valence-electron chi connectivity index (χ0n) is 15.3. The zero-order chi connectivity index (χ0) is 22.0. The molecule has 6 nitrogen and oxygen atoms in total. The van der Waals surface area contributed by atoms with Crippen LogP contribution in [0.25, 0.3) is 0 Å². The Morgan fingerprint density at radius 1 is 1.00 bits per heavy atom. The van der Waals surface area contributed by atoms with Crippen LogP contribution in [0.1, 0.15) is 19.8 Å². The molecule has 0 amide bonds. The first-order valence-electron chi connectivity index (χ1n) is 8.66. The first-order valence-corrected chi connectivity index (χ1v) is 9.93. The number of halogens is 5. The van der Waals surface area contributed by atoms with Gasteiger partial charge in [-0.3, -0.25) is 9.36 Å². The fraction of sp³-hybridized carbons (Fsp3) is 0.278. The number of hydrogen-bond donors (Lipinski definition) is 0. The minimum Gasteiger partial charge on any atom is -0.461 e. The lowest BCUT2D eigenvalue weighted by molar-refractivity contribution is -0.156. The molecule has 1 fully saturated rings. The van der Waals surface area contributed by atoms with Gasteiger partial charge in [-0.2, -0.15) is 8.78 Å². The maximum absolute atomic E-state index is 13.9. The molecule has 2 atom stereocenters. The van der Waals surface area contributed by atoms with Crippen molar-refractivity contribution < 1.29 is 45.4 Å². The van der Waals surface area contributed by atoms with Crippen LogP contribution in [-0.2, 0) is 14.1 Å². The molecule has 3 rings (SSSR count). The van der Waals surface area contributed by atoms with Crippen molar-refractivity contribution in [2.75, 3.05) is 0 Å². The van der Waals surface area contributed by atoms with E-state index in [4.69, 9.17) is 9.57 Å². The minimum absolute atomic E-state index is 0.0722. The van der Waals surface area contributed by atoms with Crippen molar-refractivity contribution in [3.05, 3.63) is 59.4 Å². The van der Waals surface area contributed by atoms with E-state index in [-0.39, 0.29) is 11.9 Å². The van der Waals surface area contributed by atoms with Crippen molar-refractivity contribution in [1.29, 1.82) is 0 Å². The second kappa shape index (κ2) is 9.01. The summed E-state index contributed by atoms with van der Waals surface area (Å²) in [6, 6.07) is 6.17. The van der Waals surface area contributed by atoms with E-state index < -0.39 is 55.0 Å². The number of esters is 1. The summed E-state index contributed by atoms with van der Waals surface area (Å²) in [7, 11) is -3.90. The molecular weight excluding hydrogens is 436 g/mol. The number of nitrogens with zero attached hydrogens (tertiary/aromatic N) is 1. The Kier molecular flexibility index (Phi) is 6.62. The lowest BCUT2D eigenvalue weighted by atomic mass is 10.3. The van der Waals surface area contributed by atoms with Crippen molar-refractivity contribution in [3.8, 4) is 11.5 Å². The van der Waals surface area contributed by atoms with Crippen molar-refractivity contribution in [2.24, 2.45) is 0 Å². The first-order chi connectivity index (χ1) is 14.2. The second-order valence-corrected chi connectivity index (χ2v) is 7.49. The van der Waals surface area contributed by atoms with Crippen molar-refractivity contribution in [3.63, 3.8) is 0 Å². The van der Waals surface area contributed by atoms with Gasteiger partial charge in [0.2, 0.25) is 34.8 Å². The van der Waals surface area contributed by atoms with Gasteiger partial charge in [-0.25, -0.2) is 13.2 Å². The summed E-state index contributed by atoms with van der Waals surface area (Å²) in [5.74, 6) is -14.1. The second-order valence-electron chi connectivity index (χ2n) is 6.31. The van der Waals surface area contributed by atoms with E-state index in [1.807, 2.05) is 0 Å². The molecule has 2 aromatic carbocycles. The van der Waals surface area contributed by atoms with E-state index in [1.165, 1.54) is 19.1 Å². The van der Waals surface area contributed by atoms with Crippen LogP contribution in [0.3, 0.4) is 0 Å². The molecule has 1 saturated carbocycles. The predicted molar refractivity (Wildman–Crippen MR) is 93.3 cm³/mol. The SMILES string of the molecule is CC(C(=O)OC1CC1)N(Oc1ccccc1)[PH](=O)Oc1c(F)c(F)c(F)c(F)c1F. The highest BCUT2D eigenvalue weighted by Crippen LogP contribution is 2.39. The molecule has 2 unspecified atom stereocenters. The summed E-state index contributed by atoms with van der Waals surface area (Å²) in [6.45, 7) is 1.22. The van der Waals surface area contributed by atoms with Gasteiger partial charge >= 0.3 is 14.1 Å². The fourth-order valence-electron chi connectivity index (χ4n) is 2.22. The van der Waals surface area contributed by atoms with Gasteiger partial charge in [-0.15, -0.1) is 0 Å². The molecule has 0 radical (unpaired) electrons. The molecule has 2 aromatic rings. The number of hydroxylamine groups is 1. The van der Waals surface area contributed by atoms with Gasteiger partial charge in [-0.05, 0) is 36.7 Å². The van der Waals surface area contributed by atoms with Gasteiger partial charge < -0.3 is 14.1 Å². The Balaban J connectivity index is 1.89. The van der Waals surface area contributed by atoms with Gasteiger partial charge in [0, 0.05) is 0 Å². The van der Waals surface area contributed by atoms with Crippen molar-refractivity contribution in [1.82, 2.24) is 4.83 Å². The van der Waals surface area contributed by atoms with Crippen LogP contribution in [0.2, 0.25) is 0 Å². The van der Waals surface area contributed by atoms with Crippen LogP contribution in [-0.4, -0.2) is 22.9 Å². The van der Waals surface area contributed by atoms with Gasteiger partial charge in [-0.1, -0.05) is 18.2 Å². The summed E-state index contributed by atoms with van der Waals surface area (Å²) in [6.07, 6.45) is 0.986. The van der Waals surface area contributed by atoms with E-state index in [2.05, 4.69) is 4.52 Å². The van der Waals surface area contributed by atoms with Crippen LogP contribution in [0.5, 0.6) is 11.5 Å². The average molecular weight is 451 g/mol. The number of carbonyl (C=O) groups excluding carboxylic acids is 1. The van der Waals surface area contributed by atoms with Gasteiger partial charge in [0.1, 0.15) is 11.9 Å². The van der Waals surface area contributed by atoms with Crippen LogP contribution in [0, 0.1) is 29.1 Å². The van der Waals surface area contributed by atoms with E-state index in [0.29, 0.717) is 17.7 Å². The number of carbonyl (C=O) groups is 1. The summed E-state index contributed by atoms with van der Waals surface area (Å²) in [5, 5.41) is 0. The number of benzene rings is 2. The van der Waals surface area contributed by atoms with E-state index in [9.17, 15) is 31.3 Å². The Morgan fingerprint density at radius 3 is 2.07 bits per heavy atom. The Labute approximate surface area is 168 Å². The van der Waals surface area contributed by atoms with Crippen LogP contribution >= 0.6 is 8.18 Å². The maximum Gasteiger partial charge on any atom is 0.341 e. The molecular formula is C18H15F5NO5P. The highest BCUT2D eigenvalue weighted by Gasteiger charge is 2.36. The molecule has 0 aliphatic heterocycles. The molecule has 0 saturated heterocycles. The number of ether oxygens (including phenoxy) is 1. The first kappa shape index (κ1) is 22.0. The molecule has 1 aliphatic carbocycles.